The molecule has 1 rings (SSSR count). The summed E-state index contributed by atoms with van der Waals surface area (Å²) < 4.78 is 12.3. The molecule has 0 radical (unpaired) electrons. The average Bonchev–Trinajstić information content (AvgIpc) is 2.33. The molecule has 0 aliphatic carbocycles. The Kier molecular flexibility index (Phi) is 7.51. The largest absolute Gasteiger partial charge is 0.379 e. The van der Waals surface area contributed by atoms with Crippen molar-refractivity contribution in [2.24, 2.45) is 5.73 Å². The van der Waals surface area contributed by atoms with E-state index < -0.39 is 0 Å². The van der Waals surface area contributed by atoms with E-state index >= 15 is 0 Å². The maximum absolute atomic E-state index is 5.98. The minimum atomic E-state index is -0.0901. The van der Waals surface area contributed by atoms with Gasteiger partial charge in [0.1, 0.15) is 0 Å². The Morgan fingerprint density at radius 3 is 2.67 bits per heavy atom. The van der Waals surface area contributed by atoms with Gasteiger partial charge in [0, 0.05) is 17.1 Å². The third-order valence-corrected chi connectivity index (χ3v) is 3.02. The summed E-state index contributed by atoms with van der Waals surface area (Å²) in [6.45, 7) is 6.01. The number of halogens is 1. The fourth-order valence-electron chi connectivity index (χ4n) is 1.72. The summed E-state index contributed by atoms with van der Waals surface area (Å²) in [5, 5.41) is 0. The fourth-order valence-corrected chi connectivity index (χ4v) is 2.13. The van der Waals surface area contributed by atoms with E-state index in [0.717, 1.165) is 23.1 Å². The summed E-state index contributed by atoms with van der Waals surface area (Å²) >= 11 is 3.46. The molecule has 1 aromatic carbocycles. The van der Waals surface area contributed by atoms with Gasteiger partial charge in [-0.05, 0) is 31.0 Å². The van der Waals surface area contributed by atoms with Crippen molar-refractivity contribution in [1.29, 1.82) is 0 Å². The van der Waals surface area contributed by atoms with Gasteiger partial charge in [-0.2, -0.15) is 0 Å². The second-order valence-corrected chi connectivity index (χ2v) is 5.23. The van der Waals surface area contributed by atoms with Crippen molar-refractivity contribution in [3.63, 3.8) is 0 Å². The molecule has 18 heavy (non-hydrogen) atoms. The highest BCUT2D eigenvalue weighted by atomic mass is 79.9. The molecule has 2 atom stereocenters. The molecular formula is C14H22BrNO2. The SMILES string of the molecule is CCCOCCOC(c1cccc(Br)c1)C(C)N. The molecule has 4 heteroatoms. The molecule has 102 valence electrons. The Morgan fingerprint density at radius 2 is 2.06 bits per heavy atom. The Bertz CT molecular complexity index is 344. The van der Waals surface area contributed by atoms with Crippen LogP contribution in [0.2, 0.25) is 0 Å². The van der Waals surface area contributed by atoms with E-state index in [0.29, 0.717) is 13.2 Å². The van der Waals surface area contributed by atoms with Crippen LogP contribution in [-0.2, 0) is 9.47 Å². The highest BCUT2D eigenvalue weighted by Crippen LogP contribution is 2.23. The van der Waals surface area contributed by atoms with Gasteiger partial charge in [0.2, 0.25) is 0 Å². The van der Waals surface area contributed by atoms with Crippen molar-refractivity contribution in [2.45, 2.75) is 32.4 Å². The number of hydrogen-bond donors (Lipinski definition) is 1. The molecule has 0 fully saturated rings. The van der Waals surface area contributed by atoms with Gasteiger partial charge >= 0.3 is 0 Å². The number of ether oxygens (including phenoxy) is 2. The number of benzene rings is 1. The summed E-state index contributed by atoms with van der Waals surface area (Å²) in [5.74, 6) is 0. The van der Waals surface area contributed by atoms with E-state index in [4.69, 9.17) is 15.2 Å². The van der Waals surface area contributed by atoms with Crippen LogP contribution in [0.3, 0.4) is 0 Å². The highest BCUT2D eigenvalue weighted by Gasteiger charge is 2.16. The zero-order valence-electron chi connectivity index (χ0n) is 11.1. The molecule has 3 nitrogen and oxygen atoms in total. The van der Waals surface area contributed by atoms with Gasteiger partial charge in [-0.1, -0.05) is 35.0 Å². The molecule has 2 unspecified atom stereocenters. The Hall–Kier alpha value is -0.420. The zero-order valence-corrected chi connectivity index (χ0v) is 12.7. The second-order valence-electron chi connectivity index (χ2n) is 4.32. The van der Waals surface area contributed by atoms with Crippen LogP contribution in [0.4, 0.5) is 0 Å². The lowest BCUT2D eigenvalue weighted by Crippen LogP contribution is -2.28. The van der Waals surface area contributed by atoms with E-state index in [-0.39, 0.29) is 12.1 Å². The highest BCUT2D eigenvalue weighted by molar-refractivity contribution is 9.10. The summed E-state index contributed by atoms with van der Waals surface area (Å²) in [7, 11) is 0. The quantitative estimate of drug-likeness (QED) is 0.749. The van der Waals surface area contributed by atoms with E-state index in [9.17, 15) is 0 Å². The van der Waals surface area contributed by atoms with E-state index in [1.807, 2.05) is 31.2 Å². The van der Waals surface area contributed by atoms with Crippen LogP contribution in [0.1, 0.15) is 31.9 Å². The lowest BCUT2D eigenvalue weighted by Gasteiger charge is -2.22. The number of rotatable bonds is 8. The molecule has 0 aliphatic heterocycles. The van der Waals surface area contributed by atoms with E-state index in [1.165, 1.54) is 0 Å². The smallest absolute Gasteiger partial charge is 0.0974 e. The minimum Gasteiger partial charge on any atom is -0.379 e. The van der Waals surface area contributed by atoms with Crippen LogP contribution in [-0.4, -0.2) is 25.9 Å². The lowest BCUT2D eigenvalue weighted by molar-refractivity contribution is -0.00473. The topological polar surface area (TPSA) is 44.5 Å². The molecule has 0 aliphatic rings. The van der Waals surface area contributed by atoms with Crippen molar-refractivity contribution >= 4 is 15.9 Å². The fraction of sp³-hybridized carbons (Fsp3) is 0.571. The summed E-state index contributed by atoms with van der Waals surface area (Å²) in [6.07, 6.45) is 0.940. The van der Waals surface area contributed by atoms with Crippen LogP contribution < -0.4 is 5.73 Å². The van der Waals surface area contributed by atoms with E-state index in [1.54, 1.807) is 0 Å². The van der Waals surface area contributed by atoms with Gasteiger partial charge in [0.25, 0.3) is 0 Å². The molecule has 0 saturated carbocycles. The van der Waals surface area contributed by atoms with Crippen LogP contribution in [0.15, 0.2) is 28.7 Å². The molecule has 0 bridgehead atoms. The standard InChI is InChI=1S/C14H22BrNO2/c1-3-7-17-8-9-18-14(11(2)16)12-5-4-6-13(15)10-12/h4-6,10-11,14H,3,7-9,16H2,1-2H3. The van der Waals surface area contributed by atoms with Crippen molar-refractivity contribution in [2.75, 3.05) is 19.8 Å². The van der Waals surface area contributed by atoms with Gasteiger partial charge in [0.15, 0.2) is 0 Å². The first-order valence-corrected chi connectivity index (χ1v) is 7.14. The van der Waals surface area contributed by atoms with Crippen molar-refractivity contribution in [3.8, 4) is 0 Å². The monoisotopic (exact) mass is 315 g/mol. The molecule has 0 saturated heterocycles. The van der Waals surface area contributed by atoms with Crippen LogP contribution in [0, 0.1) is 0 Å². The Labute approximate surface area is 118 Å². The molecule has 2 N–H and O–H groups in total. The van der Waals surface area contributed by atoms with Crippen LogP contribution in [0.25, 0.3) is 0 Å². The summed E-state index contributed by atoms with van der Waals surface area (Å²) in [5.41, 5.74) is 7.07. The Morgan fingerprint density at radius 1 is 1.28 bits per heavy atom. The van der Waals surface area contributed by atoms with Gasteiger partial charge < -0.3 is 15.2 Å². The molecular weight excluding hydrogens is 294 g/mol. The maximum Gasteiger partial charge on any atom is 0.0974 e. The third kappa shape index (κ3) is 5.48. The molecule has 1 aromatic rings. The molecule has 0 spiro atoms. The predicted molar refractivity (Wildman–Crippen MR) is 77.6 cm³/mol. The summed E-state index contributed by atoms with van der Waals surface area (Å²) in [4.78, 5) is 0. The predicted octanol–water partition coefficient (Wildman–Crippen LogP) is 3.28. The number of nitrogens with two attached hydrogens (primary N) is 1. The van der Waals surface area contributed by atoms with Gasteiger partial charge in [-0.15, -0.1) is 0 Å². The lowest BCUT2D eigenvalue weighted by atomic mass is 10.0. The molecule has 0 amide bonds. The van der Waals surface area contributed by atoms with Crippen LogP contribution in [0.5, 0.6) is 0 Å². The minimum absolute atomic E-state index is 0.0505. The first-order chi connectivity index (χ1) is 8.65. The Balaban J connectivity index is 2.50. The average molecular weight is 316 g/mol. The maximum atomic E-state index is 5.98. The van der Waals surface area contributed by atoms with Crippen molar-refractivity contribution in [3.05, 3.63) is 34.3 Å². The molecule has 0 aromatic heterocycles. The van der Waals surface area contributed by atoms with Crippen molar-refractivity contribution in [1.82, 2.24) is 0 Å². The van der Waals surface area contributed by atoms with Gasteiger partial charge in [-0.25, -0.2) is 0 Å². The zero-order chi connectivity index (χ0) is 13.4. The normalized spacial score (nSPS) is 14.4. The van der Waals surface area contributed by atoms with Crippen molar-refractivity contribution < 1.29 is 9.47 Å². The molecule has 0 heterocycles. The summed E-state index contributed by atoms with van der Waals surface area (Å²) in [6, 6.07) is 8.01. The third-order valence-electron chi connectivity index (χ3n) is 2.53. The second kappa shape index (κ2) is 8.64. The van der Waals surface area contributed by atoms with Crippen LogP contribution >= 0.6 is 15.9 Å². The van der Waals surface area contributed by atoms with Gasteiger partial charge in [0.05, 0.1) is 19.3 Å². The first kappa shape index (κ1) is 15.6. The van der Waals surface area contributed by atoms with Gasteiger partial charge in [-0.3, -0.25) is 0 Å². The first-order valence-electron chi connectivity index (χ1n) is 6.35. The number of hydrogen-bond acceptors (Lipinski definition) is 3. The van der Waals surface area contributed by atoms with E-state index in [2.05, 4.69) is 22.9 Å².